The Bertz CT molecular complexity index is 1520. The maximum Gasteiger partial charge on any atom is 0.337 e. The molecule has 0 atom stereocenters. The summed E-state index contributed by atoms with van der Waals surface area (Å²) in [6.45, 7) is 0.222. The van der Waals surface area contributed by atoms with Gasteiger partial charge >= 0.3 is 5.97 Å². The highest BCUT2D eigenvalue weighted by molar-refractivity contribution is 7.90. The van der Waals surface area contributed by atoms with Gasteiger partial charge in [-0.15, -0.1) is 0 Å². The van der Waals surface area contributed by atoms with Crippen molar-refractivity contribution in [3.05, 3.63) is 107 Å². The first-order chi connectivity index (χ1) is 16.3. The number of ether oxygens (including phenoxy) is 1. The van der Waals surface area contributed by atoms with Crippen molar-refractivity contribution in [2.24, 2.45) is 0 Å². The monoisotopic (exact) mass is 474 g/mol. The number of aromatic nitrogens is 2. The number of carbonyl (C=O) groups is 1. The zero-order chi connectivity index (χ0) is 24.3. The highest BCUT2D eigenvalue weighted by atomic mass is 32.2. The summed E-state index contributed by atoms with van der Waals surface area (Å²) >= 11 is 0. The van der Waals surface area contributed by atoms with E-state index in [1.807, 2.05) is 30.3 Å². The van der Waals surface area contributed by atoms with Gasteiger partial charge in [-0.05, 0) is 52.6 Å². The minimum Gasteiger partial charge on any atom is -0.465 e. The molecule has 0 N–H and O–H groups in total. The van der Waals surface area contributed by atoms with Gasteiger partial charge in [0.15, 0.2) is 9.84 Å². The Morgan fingerprint density at radius 1 is 0.912 bits per heavy atom. The Balaban J connectivity index is 1.73. The minimum absolute atomic E-state index is 0.211. The predicted molar refractivity (Wildman–Crippen MR) is 129 cm³/mol. The first kappa shape index (κ1) is 23.1. The van der Waals surface area contributed by atoms with Gasteiger partial charge in [0.25, 0.3) is 5.56 Å². The smallest absolute Gasteiger partial charge is 0.337 e. The first-order valence-electron chi connectivity index (χ1n) is 10.4. The highest BCUT2D eigenvalue weighted by Gasteiger charge is 2.15. The van der Waals surface area contributed by atoms with E-state index >= 15 is 0 Å². The van der Waals surface area contributed by atoms with Crippen LogP contribution in [0.1, 0.15) is 15.9 Å². The van der Waals surface area contributed by atoms with Crippen LogP contribution in [-0.2, 0) is 21.1 Å². The average molecular weight is 475 g/mol. The van der Waals surface area contributed by atoms with Crippen molar-refractivity contribution in [3.63, 3.8) is 0 Å². The number of rotatable bonds is 6. The second kappa shape index (κ2) is 9.44. The zero-order valence-corrected chi connectivity index (χ0v) is 19.5. The first-order valence-corrected chi connectivity index (χ1v) is 12.3. The second-order valence-corrected chi connectivity index (χ2v) is 9.76. The lowest BCUT2D eigenvalue weighted by Crippen LogP contribution is -2.24. The molecule has 8 heteroatoms. The van der Waals surface area contributed by atoms with Gasteiger partial charge < -0.3 is 4.74 Å². The van der Waals surface area contributed by atoms with Crippen molar-refractivity contribution in [1.29, 1.82) is 0 Å². The van der Waals surface area contributed by atoms with E-state index in [9.17, 15) is 18.0 Å². The minimum atomic E-state index is -3.38. The van der Waals surface area contributed by atoms with Crippen molar-refractivity contribution in [3.8, 4) is 22.3 Å². The topological polar surface area (TPSA) is 95.3 Å². The van der Waals surface area contributed by atoms with Crippen molar-refractivity contribution in [2.45, 2.75) is 11.4 Å². The van der Waals surface area contributed by atoms with Crippen LogP contribution in [-0.4, -0.2) is 37.5 Å². The van der Waals surface area contributed by atoms with Crippen LogP contribution < -0.4 is 5.56 Å². The fraction of sp³-hybridized carbons (Fsp3) is 0.115. The number of sulfone groups is 1. The third-order valence-electron chi connectivity index (χ3n) is 5.41. The summed E-state index contributed by atoms with van der Waals surface area (Å²) < 4.78 is 30.1. The molecular weight excluding hydrogens is 452 g/mol. The molecule has 0 fully saturated rings. The summed E-state index contributed by atoms with van der Waals surface area (Å²) in [5.74, 6) is -0.430. The molecule has 0 unspecified atom stereocenters. The summed E-state index contributed by atoms with van der Waals surface area (Å²) in [6, 6.07) is 22.4. The molecular formula is C26H22N2O5S. The molecule has 3 aromatic carbocycles. The van der Waals surface area contributed by atoms with E-state index in [0.717, 1.165) is 17.4 Å². The van der Waals surface area contributed by atoms with Crippen LogP contribution in [0.2, 0.25) is 0 Å². The molecule has 1 heterocycles. The molecule has 0 aliphatic heterocycles. The van der Waals surface area contributed by atoms with Gasteiger partial charge in [-0.1, -0.05) is 48.5 Å². The van der Waals surface area contributed by atoms with E-state index in [2.05, 4.69) is 5.10 Å². The second-order valence-electron chi connectivity index (χ2n) is 7.74. The zero-order valence-electron chi connectivity index (χ0n) is 18.6. The molecule has 0 aliphatic rings. The van der Waals surface area contributed by atoms with Gasteiger partial charge in [-0.2, -0.15) is 5.10 Å². The van der Waals surface area contributed by atoms with Crippen molar-refractivity contribution in [1.82, 2.24) is 9.78 Å². The fourth-order valence-electron chi connectivity index (χ4n) is 3.67. The van der Waals surface area contributed by atoms with E-state index in [1.165, 1.54) is 11.8 Å². The molecule has 1 aromatic heterocycles. The molecule has 172 valence electrons. The highest BCUT2D eigenvalue weighted by Crippen LogP contribution is 2.31. The maximum atomic E-state index is 13.3. The van der Waals surface area contributed by atoms with Crippen LogP contribution in [0.4, 0.5) is 0 Å². The van der Waals surface area contributed by atoms with Gasteiger partial charge in [0, 0.05) is 12.5 Å². The maximum absolute atomic E-state index is 13.3. The number of nitrogens with zero attached hydrogens (tertiary/aromatic N) is 2. The summed E-state index contributed by atoms with van der Waals surface area (Å²) in [5, 5.41) is 4.22. The number of benzene rings is 3. The Morgan fingerprint density at radius 2 is 1.62 bits per heavy atom. The van der Waals surface area contributed by atoms with Gasteiger partial charge in [-0.3, -0.25) is 4.79 Å². The molecule has 0 amide bonds. The predicted octanol–water partition coefficient (Wildman–Crippen LogP) is 3.82. The van der Waals surface area contributed by atoms with Crippen molar-refractivity contribution < 1.29 is 17.9 Å². The Labute approximate surface area is 197 Å². The molecule has 4 aromatic rings. The Kier molecular flexibility index (Phi) is 6.43. The lowest BCUT2D eigenvalue weighted by molar-refractivity contribution is 0.0600. The van der Waals surface area contributed by atoms with Crippen molar-refractivity contribution >= 4 is 15.8 Å². The van der Waals surface area contributed by atoms with E-state index in [1.54, 1.807) is 54.7 Å². The van der Waals surface area contributed by atoms with E-state index in [0.29, 0.717) is 22.3 Å². The summed E-state index contributed by atoms with van der Waals surface area (Å²) in [7, 11) is -2.06. The largest absolute Gasteiger partial charge is 0.465 e. The van der Waals surface area contributed by atoms with Crippen LogP contribution in [0.15, 0.2) is 94.7 Å². The molecule has 0 saturated carbocycles. The SMILES string of the molecule is COC(=O)c1ccc(Cn2nccc(-c3ccccc3-c3cccc(S(C)(=O)=O)c3)c2=O)cc1. The molecule has 7 nitrogen and oxygen atoms in total. The van der Waals surface area contributed by atoms with Gasteiger partial charge in [0.2, 0.25) is 0 Å². The van der Waals surface area contributed by atoms with Crippen LogP contribution in [0, 0.1) is 0 Å². The van der Waals surface area contributed by atoms with Crippen LogP contribution in [0.3, 0.4) is 0 Å². The number of carbonyl (C=O) groups excluding carboxylic acids is 1. The summed E-state index contributed by atoms with van der Waals surface area (Å²) in [5.41, 5.74) is 3.49. The molecule has 0 spiro atoms. The Hall–Kier alpha value is -4.04. The van der Waals surface area contributed by atoms with E-state index in [-0.39, 0.29) is 17.0 Å². The molecule has 0 aliphatic carbocycles. The lowest BCUT2D eigenvalue weighted by atomic mass is 9.95. The summed E-state index contributed by atoms with van der Waals surface area (Å²) in [6.07, 6.45) is 2.72. The normalized spacial score (nSPS) is 11.2. The van der Waals surface area contributed by atoms with Gasteiger partial charge in [-0.25, -0.2) is 17.9 Å². The Morgan fingerprint density at radius 3 is 2.29 bits per heavy atom. The number of hydrogen-bond acceptors (Lipinski definition) is 6. The summed E-state index contributed by atoms with van der Waals surface area (Å²) in [4.78, 5) is 25.2. The number of methoxy groups -OCH3 is 1. The molecule has 0 bridgehead atoms. The van der Waals surface area contributed by atoms with Crippen LogP contribution in [0.5, 0.6) is 0 Å². The lowest BCUT2D eigenvalue weighted by Gasteiger charge is -2.12. The molecule has 34 heavy (non-hydrogen) atoms. The molecule has 4 rings (SSSR count). The average Bonchev–Trinajstić information content (AvgIpc) is 2.85. The quantitative estimate of drug-likeness (QED) is 0.394. The van der Waals surface area contributed by atoms with E-state index in [4.69, 9.17) is 4.74 Å². The standard InChI is InChI=1S/C26H22N2O5S/c1-33-26(30)19-12-10-18(11-13-19)17-28-25(29)24(14-15-27-28)23-9-4-3-8-22(23)20-6-5-7-21(16-20)34(2,31)32/h3-16H,17H2,1-2H3. The molecule has 0 saturated heterocycles. The van der Waals surface area contributed by atoms with E-state index < -0.39 is 15.8 Å². The fourth-order valence-corrected chi connectivity index (χ4v) is 4.34. The van der Waals surface area contributed by atoms with Gasteiger partial charge in [0.1, 0.15) is 0 Å². The van der Waals surface area contributed by atoms with Crippen molar-refractivity contribution in [2.75, 3.05) is 13.4 Å². The number of hydrogen-bond donors (Lipinski definition) is 0. The number of esters is 1. The third kappa shape index (κ3) is 4.82. The molecule has 0 radical (unpaired) electrons. The van der Waals surface area contributed by atoms with Gasteiger partial charge in [0.05, 0.1) is 29.7 Å². The van der Waals surface area contributed by atoms with Crippen LogP contribution >= 0.6 is 0 Å². The van der Waals surface area contributed by atoms with Crippen LogP contribution in [0.25, 0.3) is 22.3 Å². The third-order valence-corrected chi connectivity index (χ3v) is 6.52.